The summed E-state index contributed by atoms with van der Waals surface area (Å²) in [4.78, 5) is 12.2. The molecular weight excluding hydrogens is 215 g/mol. The molecule has 2 nitrogen and oxygen atoms in total. The molecule has 1 fully saturated rings. The lowest BCUT2D eigenvalue weighted by atomic mass is 10.1. The van der Waals surface area contributed by atoms with Crippen LogP contribution in [0.5, 0.6) is 0 Å². The number of halogens is 3. The Bertz CT molecular complexity index is 213. The molecule has 1 heterocycles. The first kappa shape index (κ1) is 11.7. The van der Waals surface area contributed by atoms with Gasteiger partial charge in [0.25, 0.3) is 0 Å². The SMILES string of the molecule is CN(CC(F)(F)F)C(=O)[C@H]1CCSC1. The van der Waals surface area contributed by atoms with Crippen molar-refractivity contribution in [2.75, 3.05) is 25.1 Å². The van der Waals surface area contributed by atoms with Gasteiger partial charge in [0.2, 0.25) is 5.91 Å². The number of alkyl halides is 3. The van der Waals surface area contributed by atoms with Crippen molar-refractivity contribution in [3.05, 3.63) is 0 Å². The molecule has 14 heavy (non-hydrogen) atoms. The van der Waals surface area contributed by atoms with Crippen molar-refractivity contribution < 1.29 is 18.0 Å². The number of hydrogen-bond acceptors (Lipinski definition) is 2. The molecule has 0 aliphatic carbocycles. The molecule has 0 spiro atoms. The van der Waals surface area contributed by atoms with Gasteiger partial charge in [-0.3, -0.25) is 4.79 Å². The summed E-state index contributed by atoms with van der Waals surface area (Å²) in [6.45, 7) is -1.15. The molecule has 0 radical (unpaired) electrons. The number of carbonyl (C=O) groups excluding carboxylic acids is 1. The van der Waals surface area contributed by atoms with Crippen LogP contribution >= 0.6 is 11.8 Å². The molecule has 1 rings (SSSR count). The zero-order chi connectivity index (χ0) is 10.8. The summed E-state index contributed by atoms with van der Waals surface area (Å²) in [5.74, 6) is 0.928. The topological polar surface area (TPSA) is 20.3 Å². The van der Waals surface area contributed by atoms with Gasteiger partial charge in [-0.25, -0.2) is 0 Å². The highest BCUT2D eigenvalue weighted by molar-refractivity contribution is 7.99. The van der Waals surface area contributed by atoms with Crippen LogP contribution in [0.25, 0.3) is 0 Å². The van der Waals surface area contributed by atoms with E-state index in [0.717, 1.165) is 10.7 Å². The lowest BCUT2D eigenvalue weighted by molar-refractivity contribution is -0.160. The summed E-state index contributed by atoms with van der Waals surface area (Å²) in [6, 6.07) is 0. The molecule has 0 aromatic carbocycles. The van der Waals surface area contributed by atoms with E-state index in [1.807, 2.05) is 0 Å². The van der Waals surface area contributed by atoms with Crippen LogP contribution in [-0.2, 0) is 4.79 Å². The van der Waals surface area contributed by atoms with Crippen LogP contribution in [0.2, 0.25) is 0 Å². The lowest BCUT2D eigenvalue weighted by Crippen LogP contribution is -2.39. The van der Waals surface area contributed by atoms with Crippen LogP contribution in [0, 0.1) is 5.92 Å². The molecule has 1 atom stereocenters. The van der Waals surface area contributed by atoms with Gasteiger partial charge in [-0.2, -0.15) is 24.9 Å². The molecular formula is C8H12F3NOS. The first-order chi connectivity index (χ1) is 6.40. The highest BCUT2D eigenvalue weighted by Gasteiger charge is 2.34. The van der Waals surface area contributed by atoms with Gasteiger partial charge in [-0.1, -0.05) is 0 Å². The number of rotatable bonds is 2. The zero-order valence-corrected chi connectivity index (χ0v) is 8.62. The minimum Gasteiger partial charge on any atom is -0.336 e. The van der Waals surface area contributed by atoms with Gasteiger partial charge >= 0.3 is 6.18 Å². The van der Waals surface area contributed by atoms with Crippen LogP contribution in [-0.4, -0.2) is 42.1 Å². The summed E-state index contributed by atoms with van der Waals surface area (Å²) < 4.78 is 35.9. The smallest absolute Gasteiger partial charge is 0.336 e. The fraction of sp³-hybridized carbons (Fsp3) is 0.875. The maximum atomic E-state index is 12.0. The van der Waals surface area contributed by atoms with E-state index >= 15 is 0 Å². The van der Waals surface area contributed by atoms with Crippen LogP contribution in [0.1, 0.15) is 6.42 Å². The Labute approximate surface area is 84.8 Å². The van der Waals surface area contributed by atoms with Crippen LogP contribution in [0.3, 0.4) is 0 Å². The van der Waals surface area contributed by atoms with E-state index in [9.17, 15) is 18.0 Å². The van der Waals surface area contributed by atoms with E-state index in [4.69, 9.17) is 0 Å². The summed E-state index contributed by atoms with van der Waals surface area (Å²) in [6.07, 6.45) is -3.60. The standard InChI is InChI=1S/C8H12F3NOS/c1-12(5-8(9,10)11)7(13)6-2-3-14-4-6/h6H,2-5H2,1H3/t6-/m0/s1. The quantitative estimate of drug-likeness (QED) is 0.716. The number of amides is 1. The fourth-order valence-corrected chi connectivity index (χ4v) is 2.60. The number of nitrogens with zero attached hydrogens (tertiary/aromatic N) is 1. The van der Waals surface area contributed by atoms with Crippen molar-refractivity contribution in [2.45, 2.75) is 12.6 Å². The second-order valence-corrected chi connectivity index (χ2v) is 4.52. The summed E-state index contributed by atoms with van der Waals surface area (Å²) >= 11 is 1.62. The molecule has 0 saturated carbocycles. The first-order valence-electron chi connectivity index (χ1n) is 4.29. The third-order valence-electron chi connectivity index (χ3n) is 2.07. The highest BCUT2D eigenvalue weighted by Crippen LogP contribution is 2.26. The van der Waals surface area contributed by atoms with E-state index < -0.39 is 12.7 Å². The molecule has 0 aromatic heterocycles. The molecule has 0 unspecified atom stereocenters. The molecule has 6 heteroatoms. The predicted octanol–water partition coefficient (Wildman–Crippen LogP) is 1.76. The molecule has 82 valence electrons. The monoisotopic (exact) mass is 227 g/mol. The third-order valence-corrected chi connectivity index (χ3v) is 3.23. The second kappa shape index (κ2) is 4.42. The average molecular weight is 227 g/mol. The van der Waals surface area contributed by atoms with E-state index in [1.54, 1.807) is 11.8 Å². The fourth-order valence-electron chi connectivity index (χ4n) is 1.39. The van der Waals surface area contributed by atoms with Gasteiger partial charge in [0, 0.05) is 18.7 Å². The maximum Gasteiger partial charge on any atom is 0.406 e. The minimum atomic E-state index is -4.30. The Hall–Kier alpha value is -0.390. The third kappa shape index (κ3) is 3.40. The van der Waals surface area contributed by atoms with Gasteiger partial charge in [-0.15, -0.1) is 0 Å². The van der Waals surface area contributed by atoms with Crippen molar-refractivity contribution in [1.82, 2.24) is 4.90 Å². The van der Waals surface area contributed by atoms with Crippen LogP contribution in [0.4, 0.5) is 13.2 Å². The molecule has 1 aliphatic rings. The normalized spacial score (nSPS) is 22.4. The maximum absolute atomic E-state index is 12.0. The molecule has 1 saturated heterocycles. The van der Waals surface area contributed by atoms with E-state index in [1.165, 1.54) is 7.05 Å². The highest BCUT2D eigenvalue weighted by atomic mass is 32.2. The number of hydrogen-bond donors (Lipinski definition) is 0. The van der Waals surface area contributed by atoms with Crippen molar-refractivity contribution in [1.29, 1.82) is 0 Å². The Balaban J connectivity index is 2.43. The van der Waals surface area contributed by atoms with E-state index in [2.05, 4.69) is 0 Å². The lowest BCUT2D eigenvalue weighted by Gasteiger charge is -2.21. The Morgan fingerprint density at radius 3 is 2.64 bits per heavy atom. The largest absolute Gasteiger partial charge is 0.406 e. The van der Waals surface area contributed by atoms with Crippen LogP contribution in [0.15, 0.2) is 0 Å². The van der Waals surface area contributed by atoms with Crippen molar-refractivity contribution in [3.63, 3.8) is 0 Å². The van der Waals surface area contributed by atoms with Gasteiger partial charge in [0.1, 0.15) is 6.54 Å². The van der Waals surface area contributed by atoms with Gasteiger partial charge < -0.3 is 4.90 Å². The average Bonchev–Trinajstić information content (AvgIpc) is 2.51. The van der Waals surface area contributed by atoms with Gasteiger partial charge in [0.15, 0.2) is 0 Å². The minimum absolute atomic E-state index is 0.215. The van der Waals surface area contributed by atoms with Crippen molar-refractivity contribution in [2.24, 2.45) is 5.92 Å². The molecule has 1 amide bonds. The van der Waals surface area contributed by atoms with Gasteiger partial charge in [-0.05, 0) is 12.2 Å². The van der Waals surface area contributed by atoms with Gasteiger partial charge in [0.05, 0.1) is 0 Å². The summed E-state index contributed by atoms with van der Waals surface area (Å²) in [5.41, 5.74) is 0. The Morgan fingerprint density at radius 2 is 2.21 bits per heavy atom. The molecule has 0 aromatic rings. The molecule has 0 N–H and O–H groups in total. The Morgan fingerprint density at radius 1 is 1.57 bits per heavy atom. The predicted molar refractivity (Wildman–Crippen MR) is 49.1 cm³/mol. The van der Waals surface area contributed by atoms with Crippen molar-refractivity contribution >= 4 is 17.7 Å². The summed E-state index contributed by atoms with van der Waals surface area (Å²) in [7, 11) is 1.21. The number of carbonyl (C=O) groups is 1. The Kier molecular flexibility index (Phi) is 3.69. The molecule has 0 bridgehead atoms. The van der Waals surface area contributed by atoms with Crippen LogP contribution < -0.4 is 0 Å². The second-order valence-electron chi connectivity index (χ2n) is 3.37. The van der Waals surface area contributed by atoms with Crippen molar-refractivity contribution in [3.8, 4) is 0 Å². The van der Waals surface area contributed by atoms with E-state index in [0.29, 0.717) is 12.2 Å². The van der Waals surface area contributed by atoms with E-state index in [-0.39, 0.29) is 11.8 Å². The molecule has 1 aliphatic heterocycles. The number of thioether (sulfide) groups is 1. The zero-order valence-electron chi connectivity index (χ0n) is 7.80. The first-order valence-corrected chi connectivity index (χ1v) is 5.45. The summed E-state index contributed by atoms with van der Waals surface area (Å²) in [5, 5.41) is 0.